The van der Waals surface area contributed by atoms with E-state index in [0.29, 0.717) is 25.9 Å². The van der Waals surface area contributed by atoms with Gasteiger partial charge in [0, 0.05) is 13.1 Å². The number of sulfonamides is 1. The van der Waals surface area contributed by atoms with E-state index in [0.717, 1.165) is 0 Å². The van der Waals surface area contributed by atoms with E-state index in [9.17, 15) is 13.5 Å². The smallest absolute Gasteiger partial charge is 0.219 e. The molecule has 1 heterocycles. The highest BCUT2D eigenvalue weighted by Gasteiger charge is 2.39. The maximum Gasteiger partial charge on any atom is 0.219 e. The zero-order chi connectivity index (χ0) is 11.9. The summed E-state index contributed by atoms with van der Waals surface area (Å²) in [5.41, 5.74) is -0.704. The summed E-state index contributed by atoms with van der Waals surface area (Å²) in [6.07, 6.45) is 1.03. The fourth-order valence-electron chi connectivity index (χ4n) is 1.60. The Hall–Kier alpha value is -0.130. The molecule has 1 fully saturated rings. The number of nitrogens with zero attached hydrogens (tertiary/aromatic N) is 1. The van der Waals surface area contributed by atoms with Gasteiger partial charge in [-0.25, -0.2) is 12.7 Å². The molecule has 1 aliphatic rings. The summed E-state index contributed by atoms with van der Waals surface area (Å²) >= 11 is 0. The van der Waals surface area contributed by atoms with Crippen LogP contribution >= 0.6 is 0 Å². The van der Waals surface area contributed by atoms with Crippen LogP contribution in [0.25, 0.3) is 0 Å². The Morgan fingerprint density at radius 1 is 1.20 bits per heavy atom. The Bertz CT molecular complexity index is 317. The lowest BCUT2D eigenvalue weighted by Gasteiger charge is -2.38. The third-order valence-electron chi connectivity index (χ3n) is 2.91. The molecule has 0 aromatic rings. The zero-order valence-corrected chi connectivity index (χ0v) is 10.8. The summed E-state index contributed by atoms with van der Waals surface area (Å²) in [6, 6.07) is 0. The second-order valence-electron chi connectivity index (χ2n) is 5.51. The topological polar surface area (TPSA) is 57.6 Å². The standard InChI is InChI=1S/C10H21NO3S/c1-9(2,3)15(13,14)11-7-5-10(4,12)6-8-11/h12H,5-8H2,1-4H3. The van der Waals surface area contributed by atoms with Gasteiger partial charge >= 0.3 is 0 Å². The molecule has 1 N–H and O–H groups in total. The Kier molecular flexibility index (Phi) is 3.20. The fraction of sp³-hybridized carbons (Fsp3) is 1.00. The van der Waals surface area contributed by atoms with Gasteiger partial charge in [-0.1, -0.05) is 0 Å². The molecule has 5 heteroatoms. The third kappa shape index (κ3) is 2.71. The Morgan fingerprint density at radius 3 is 1.93 bits per heavy atom. The van der Waals surface area contributed by atoms with Gasteiger partial charge in [-0.15, -0.1) is 0 Å². The number of aliphatic hydroxyl groups is 1. The molecule has 0 aliphatic carbocycles. The zero-order valence-electron chi connectivity index (χ0n) is 9.95. The van der Waals surface area contributed by atoms with Crippen LogP contribution in [0.5, 0.6) is 0 Å². The Balaban J connectivity index is 2.78. The highest BCUT2D eigenvalue weighted by atomic mass is 32.2. The van der Waals surface area contributed by atoms with E-state index in [-0.39, 0.29) is 0 Å². The van der Waals surface area contributed by atoms with E-state index in [2.05, 4.69) is 0 Å². The quantitative estimate of drug-likeness (QED) is 0.736. The molecule has 1 saturated heterocycles. The predicted molar refractivity (Wildman–Crippen MR) is 60.1 cm³/mol. The van der Waals surface area contributed by atoms with Gasteiger partial charge < -0.3 is 5.11 Å². The van der Waals surface area contributed by atoms with Gasteiger partial charge in [-0.2, -0.15) is 0 Å². The van der Waals surface area contributed by atoms with Crippen molar-refractivity contribution >= 4 is 10.0 Å². The third-order valence-corrected chi connectivity index (χ3v) is 5.51. The lowest BCUT2D eigenvalue weighted by molar-refractivity contribution is 0.0122. The van der Waals surface area contributed by atoms with Gasteiger partial charge in [0.2, 0.25) is 10.0 Å². The first kappa shape index (κ1) is 12.9. The molecule has 0 bridgehead atoms. The Labute approximate surface area is 92.3 Å². The summed E-state index contributed by atoms with van der Waals surface area (Å²) < 4.78 is 24.9. The van der Waals surface area contributed by atoms with Crippen LogP contribution in [0.3, 0.4) is 0 Å². The first-order chi connectivity index (χ1) is 6.56. The molecule has 0 aromatic carbocycles. The highest BCUT2D eigenvalue weighted by Crippen LogP contribution is 2.27. The van der Waals surface area contributed by atoms with Crippen molar-refractivity contribution in [2.24, 2.45) is 0 Å². The van der Waals surface area contributed by atoms with Gasteiger partial charge in [0.1, 0.15) is 0 Å². The normalized spacial score (nSPS) is 24.1. The molecule has 0 aromatic heterocycles. The summed E-state index contributed by atoms with van der Waals surface area (Å²) in [5, 5.41) is 9.74. The number of piperidine rings is 1. The molecule has 0 spiro atoms. The molecule has 1 aliphatic heterocycles. The van der Waals surface area contributed by atoms with Crippen molar-refractivity contribution in [3.8, 4) is 0 Å². The van der Waals surface area contributed by atoms with Gasteiger partial charge in [0.15, 0.2) is 0 Å². The van der Waals surface area contributed by atoms with E-state index in [4.69, 9.17) is 0 Å². The lowest BCUT2D eigenvalue weighted by atomic mass is 9.95. The van der Waals surface area contributed by atoms with Crippen molar-refractivity contribution in [2.75, 3.05) is 13.1 Å². The molecular formula is C10H21NO3S. The molecule has 90 valence electrons. The van der Waals surface area contributed by atoms with E-state index in [1.165, 1.54) is 4.31 Å². The number of rotatable bonds is 1. The first-order valence-corrected chi connectivity index (χ1v) is 6.72. The van der Waals surface area contributed by atoms with Gasteiger partial charge in [0.05, 0.1) is 10.3 Å². The summed E-state index contributed by atoms with van der Waals surface area (Å²) in [7, 11) is -3.23. The van der Waals surface area contributed by atoms with Crippen molar-refractivity contribution in [3.05, 3.63) is 0 Å². The van der Waals surface area contributed by atoms with Crippen LogP contribution < -0.4 is 0 Å². The summed E-state index contributed by atoms with van der Waals surface area (Å²) in [4.78, 5) is 0. The van der Waals surface area contributed by atoms with Crippen molar-refractivity contribution in [2.45, 2.75) is 50.9 Å². The van der Waals surface area contributed by atoms with Crippen LogP contribution in [0.4, 0.5) is 0 Å². The summed E-state index contributed by atoms with van der Waals surface area (Å²) in [5.74, 6) is 0. The van der Waals surface area contributed by atoms with Crippen molar-refractivity contribution in [3.63, 3.8) is 0 Å². The van der Waals surface area contributed by atoms with Gasteiger partial charge in [-0.05, 0) is 40.5 Å². The van der Waals surface area contributed by atoms with Crippen LogP contribution in [0.2, 0.25) is 0 Å². The molecule has 0 atom stereocenters. The van der Waals surface area contributed by atoms with Gasteiger partial charge in [-0.3, -0.25) is 0 Å². The van der Waals surface area contributed by atoms with Crippen LogP contribution in [0.1, 0.15) is 40.5 Å². The van der Waals surface area contributed by atoms with Crippen molar-refractivity contribution in [1.82, 2.24) is 4.31 Å². The van der Waals surface area contributed by atoms with Crippen molar-refractivity contribution in [1.29, 1.82) is 0 Å². The molecular weight excluding hydrogens is 214 g/mol. The SMILES string of the molecule is CC1(O)CCN(S(=O)(=O)C(C)(C)C)CC1. The highest BCUT2D eigenvalue weighted by molar-refractivity contribution is 7.90. The first-order valence-electron chi connectivity index (χ1n) is 5.28. The predicted octanol–water partition coefficient (Wildman–Crippen LogP) is 0.962. The molecule has 0 radical (unpaired) electrons. The minimum absolute atomic E-state index is 0.423. The van der Waals surface area contributed by atoms with E-state index in [1.807, 2.05) is 0 Å². The average molecular weight is 235 g/mol. The lowest BCUT2D eigenvalue weighted by Crippen LogP contribution is -2.50. The molecule has 4 nitrogen and oxygen atoms in total. The minimum atomic E-state index is -3.23. The maximum absolute atomic E-state index is 12.1. The summed E-state index contributed by atoms with van der Waals surface area (Å²) in [6.45, 7) is 7.71. The number of hydrogen-bond donors (Lipinski definition) is 1. The van der Waals surface area contributed by atoms with Crippen molar-refractivity contribution < 1.29 is 13.5 Å². The van der Waals surface area contributed by atoms with Gasteiger partial charge in [0.25, 0.3) is 0 Å². The van der Waals surface area contributed by atoms with Crippen LogP contribution in [-0.4, -0.2) is 41.3 Å². The molecule has 0 unspecified atom stereocenters. The average Bonchev–Trinajstić information content (AvgIpc) is 2.01. The largest absolute Gasteiger partial charge is 0.390 e. The second-order valence-corrected chi connectivity index (χ2v) is 8.20. The molecule has 0 amide bonds. The minimum Gasteiger partial charge on any atom is -0.390 e. The Morgan fingerprint density at radius 2 is 1.60 bits per heavy atom. The monoisotopic (exact) mass is 235 g/mol. The van der Waals surface area contributed by atoms with Crippen LogP contribution in [-0.2, 0) is 10.0 Å². The molecule has 1 rings (SSSR count). The van der Waals surface area contributed by atoms with E-state index < -0.39 is 20.4 Å². The molecule has 0 saturated carbocycles. The van der Waals surface area contributed by atoms with E-state index >= 15 is 0 Å². The second kappa shape index (κ2) is 3.71. The van der Waals surface area contributed by atoms with Crippen LogP contribution in [0, 0.1) is 0 Å². The maximum atomic E-state index is 12.1. The van der Waals surface area contributed by atoms with Crippen LogP contribution in [0.15, 0.2) is 0 Å². The molecule has 15 heavy (non-hydrogen) atoms. The number of hydrogen-bond acceptors (Lipinski definition) is 3. The fourth-order valence-corrected chi connectivity index (χ4v) is 3.03. The van der Waals surface area contributed by atoms with E-state index in [1.54, 1.807) is 27.7 Å².